The highest BCUT2D eigenvalue weighted by molar-refractivity contribution is 5.26. The quantitative estimate of drug-likeness (QED) is 0.854. The van der Waals surface area contributed by atoms with Gasteiger partial charge in [-0.25, -0.2) is 0 Å². The number of benzene rings is 1. The average molecular weight is 344 g/mol. The Hall–Kier alpha value is -1.06. The predicted octanol–water partition coefficient (Wildman–Crippen LogP) is 4.42. The summed E-state index contributed by atoms with van der Waals surface area (Å²) in [6.07, 6.45) is 9.76. The normalized spacial score (nSPS) is 40.1. The summed E-state index contributed by atoms with van der Waals surface area (Å²) in [6.45, 7) is 4.50. The molecule has 5 atom stereocenters. The summed E-state index contributed by atoms with van der Waals surface area (Å²) in [7, 11) is 0. The standard InChI is InChI=1S/C22H33NO2/c1-21(2)19-10-11-22(25-21,14-20(19)23)17-5-3-4-16(13-17)12-15-6-8-18(24)9-7-15/h6-9,16-17,19-20,24H,3-5,10-14,23H2,1-2H3. The average Bonchev–Trinajstić information content (AvgIpc) is 2.56. The van der Waals surface area contributed by atoms with Crippen molar-refractivity contribution < 1.29 is 9.84 Å². The maximum absolute atomic E-state index is 9.49. The zero-order chi connectivity index (χ0) is 17.7. The van der Waals surface area contributed by atoms with Crippen LogP contribution >= 0.6 is 0 Å². The van der Waals surface area contributed by atoms with Gasteiger partial charge in [0.15, 0.2) is 0 Å². The Balaban J connectivity index is 1.48. The molecule has 0 spiro atoms. The van der Waals surface area contributed by atoms with Crippen molar-refractivity contribution in [1.82, 2.24) is 0 Å². The monoisotopic (exact) mass is 343 g/mol. The summed E-state index contributed by atoms with van der Waals surface area (Å²) in [5.74, 6) is 2.24. The molecule has 3 heteroatoms. The summed E-state index contributed by atoms with van der Waals surface area (Å²) >= 11 is 0. The number of hydrogen-bond donors (Lipinski definition) is 2. The van der Waals surface area contributed by atoms with Crippen molar-refractivity contribution in [2.45, 2.75) is 82.5 Å². The lowest BCUT2D eigenvalue weighted by molar-refractivity contribution is -0.268. The predicted molar refractivity (Wildman–Crippen MR) is 100 cm³/mol. The molecule has 2 heterocycles. The number of fused-ring (bicyclic) bond motifs is 3. The number of phenolic OH excluding ortho intramolecular Hbond substituents is 1. The Morgan fingerprint density at radius 2 is 1.92 bits per heavy atom. The van der Waals surface area contributed by atoms with Crippen LogP contribution in [0.15, 0.2) is 24.3 Å². The topological polar surface area (TPSA) is 55.5 Å². The van der Waals surface area contributed by atoms with Crippen molar-refractivity contribution in [3.63, 3.8) is 0 Å². The van der Waals surface area contributed by atoms with Gasteiger partial charge in [0, 0.05) is 12.0 Å². The van der Waals surface area contributed by atoms with Crippen LogP contribution in [0.1, 0.15) is 64.4 Å². The molecule has 3 N–H and O–H groups in total. The Kier molecular flexibility index (Phi) is 4.36. The maximum Gasteiger partial charge on any atom is 0.115 e. The highest BCUT2D eigenvalue weighted by Crippen LogP contribution is 2.55. The molecule has 2 aliphatic carbocycles. The zero-order valence-corrected chi connectivity index (χ0v) is 15.7. The fraction of sp³-hybridized carbons (Fsp3) is 0.727. The van der Waals surface area contributed by atoms with E-state index in [1.54, 1.807) is 12.1 Å². The fourth-order valence-electron chi connectivity index (χ4n) is 6.19. The van der Waals surface area contributed by atoms with Gasteiger partial charge in [-0.3, -0.25) is 0 Å². The van der Waals surface area contributed by atoms with Gasteiger partial charge in [0.25, 0.3) is 0 Å². The van der Waals surface area contributed by atoms with Crippen molar-refractivity contribution >= 4 is 0 Å². The Morgan fingerprint density at radius 1 is 1.16 bits per heavy atom. The summed E-state index contributed by atoms with van der Waals surface area (Å²) in [4.78, 5) is 0. The van der Waals surface area contributed by atoms with Crippen LogP contribution < -0.4 is 5.73 Å². The molecular weight excluding hydrogens is 310 g/mol. The third-order valence-electron chi connectivity index (χ3n) is 7.32. The fourth-order valence-corrected chi connectivity index (χ4v) is 6.19. The van der Waals surface area contributed by atoms with E-state index in [0.717, 1.165) is 18.8 Å². The van der Waals surface area contributed by atoms with Gasteiger partial charge < -0.3 is 15.6 Å². The van der Waals surface area contributed by atoms with Crippen molar-refractivity contribution in [2.75, 3.05) is 0 Å². The summed E-state index contributed by atoms with van der Waals surface area (Å²) < 4.78 is 6.77. The van der Waals surface area contributed by atoms with Gasteiger partial charge in [-0.15, -0.1) is 0 Å². The maximum atomic E-state index is 9.49. The molecule has 0 amide bonds. The molecule has 5 unspecified atom stereocenters. The van der Waals surface area contributed by atoms with Gasteiger partial charge in [-0.1, -0.05) is 25.0 Å². The van der Waals surface area contributed by atoms with E-state index in [4.69, 9.17) is 10.5 Å². The van der Waals surface area contributed by atoms with Crippen LogP contribution in [0.2, 0.25) is 0 Å². The molecule has 3 nitrogen and oxygen atoms in total. The minimum Gasteiger partial charge on any atom is -0.508 e. The van der Waals surface area contributed by atoms with Gasteiger partial charge in [0.1, 0.15) is 5.75 Å². The third kappa shape index (κ3) is 3.21. The molecule has 25 heavy (non-hydrogen) atoms. The number of rotatable bonds is 3. The smallest absolute Gasteiger partial charge is 0.115 e. The van der Waals surface area contributed by atoms with Gasteiger partial charge in [0.05, 0.1) is 11.2 Å². The van der Waals surface area contributed by atoms with Crippen LogP contribution in [0.3, 0.4) is 0 Å². The Bertz CT molecular complexity index is 611. The first-order valence-corrected chi connectivity index (χ1v) is 10.1. The van der Waals surface area contributed by atoms with Crippen LogP contribution in [0.5, 0.6) is 5.75 Å². The number of ether oxygens (including phenoxy) is 1. The summed E-state index contributed by atoms with van der Waals surface area (Å²) in [5.41, 5.74) is 7.84. The first kappa shape index (κ1) is 17.4. The highest BCUT2D eigenvalue weighted by atomic mass is 16.5. The molecule has 4 fully saturated rings. The molecule has 2 saturated heterocycles. The van der Waals surface area contributed by atoms with Crippen LogP contribution in [0.4, 0.5) is 0 Å². The molecular formula is C22H33NO2. The second-order valence-corrected chi connectivity index (χ2v) is 9.38. The van der Waals surface area contributed by atoms with Gasteiger partial charge in [-0.2, -0.15) is 0 Å². The van der Waals surface area contributed by atoms with Crippen LogP contribution in [0, 0.1) is 17.8 Å². The molecule has 4 aliphatic rings. The molecule has 0 aromatic heterocycles. The van der Waals surface area contributed by atoms with E-state index >= 15 is 0 Å². The number of nitrogens with two attached hydrogens (primary N) is 1. The second-order valence-electron chi connectivity index (χ2n) is 9.38. The van der Waals surface area contributed by atoms with Crippen LogP contribution in [-0.2, 0) is 11.2 Å². The molecule has 0 radical (unpaired) electrons. The van der Waals surface area contributed by atoms with E-state index in [1.807, 2.05) is 0 Å². The first-order valence-electron chi connectivity index (χ1n) is 10.1. The second kappa shape index (κ2) is 6.28. The molecule has 5 rings (SSSR count). The van der Waals surface area contributed by atoms with Gasteiger partial charge >= 0.3 is 0 Å². The van der Waals surface area contributed by atoms with Crippen molar-refractivity contribution in [1.29, 1.82) is 0 Å². The zero-order valence-electron chi connectivity index (χ0n) is 15.7. The van der Waals surface area contributed by atoms with E-state index in [2.05, 4.69) is 26.0 Å². The first-order chi connectivity index (χ1) is 11.9. The molecule has 1 aromatic rings. The largest absolute Gasteiger partial charge is 0.508 e. The Morgan fingerprint density at radius 3 is 2.60 bits per heavy atom. The Labute approximate surface area is 152 Å². The van der Waals surface area contributed by atoms with E-state index < -0.39 is 0 Å². The van der Waals surface area contributed by atoms with E-state index in [9.17, 15) is 5.11 Å². The minimum absolute atomic E-state index is 0.0191. The summed E-state index contributed by atoms with van der Waals surface area (Å²) in [6, 6.07) is 8.05. The van der Waals surface area contributed by atoms with Crippen LogP contribution in [0.25, 0.3) is 0 Å². The minimum atomic E-state index is -0.0696. The van der Waals surface area contributed by atoms with Gasteiger partial charge in [-0.05, 0) is 81.9 Å². The van der Waals surface area contributed by atoms with E-state index in [0.29, 0.717) is 23.6 Å². The highest BCUT2D eigenvalue weighted by Gasteiger charge is 2.57. The van der Waals surface area contributed by atoms with E-state index in [1.165, 1.54) is 44.1 Å². The lowest BCUT2D eigenvalue weighted by atomic mass is 9.59. The van der Waals surface area contributed by atoms with Crippen LogP contribution in [-0.4, -0.2) is 22.4 Å². The molecule has 2 bridgehead atoms. The number of hydrogen-bond acceptors (Lipinski definition) is 3. The molecule has 1 aromatic carbocycles. The number of phenols is 1. The molecule has 138 valence electrons. The molecule has 2 saturated carbocycles. The third-order valence-corrected chi connectivity index (χ3v) is 7.32. The lowest BCUT2D eigenvalue weighted by Gasteiger charge is -2.61. The van der Waals surface area contributed by atoms with Crippen molar-refractivity contribution in [3.05, 3.63) is 29.8 Å². The lowest BCUT2D eigenvalue weighted by Crippen LogP contribution is -2.66. The van der Waals surface area contributed by atoms with Crippen molar-refractivity contribution in [3.8, 4) is 5.75 Å². The van der Waals surface area contributed by atoms with E-state index in [-0.39, 0.29) is 11.2 Å². The number of aromatic hydroxyl groups is 1. The summed E-state index contributed by atoms with van der Waals surface area (Å²) in [5, 5.41) is 9.49. The van der Waals surface area contributed by atoms with Gasteiger partial charge in [0.2, 0.25) is 0 Å². The molecule has 2 aliphatic heterocycles. The van der Waals surface area contributed by atoms with Crippen molar-refractivity contribution in [2.24, 2.45) is 23.5 Å². The SMILES string of the molecule is CC1(C)OC2(C3CCCC(Cc4ccc(O)cc4)C3)CCC1C(N)C2.